The Labute approximate surface area is 171 Å². The van der Waals surface area contributed by atoms with E-state index in [2.05, 4.69) is 5.32 Å². The predicted octanol–water partition coefficient (Wildman–Crippen LogP) is 2.88. The largest absolute Gasteiger partial charge is 0.497 e. The second-order valence-corrected chi connectivity index (χ2v) is 9.60. The van der Waals surface area contributed by atoms with E-state index >= 15 is 0 Å². The van der Waals surface area contributed by atoms with Gasteiger partial charge in [0.15, 0.2) is 0 Å². The summed E-state index contributed by atoms with van der Waals surface area (Å²) in [6.07, 6.45) is 1.66. The Morgan fingerprint density at radius 3 is 2.48 bits per heavy atom. The van der Waals surface area contributed by atoms with Gasteiger partial charge in [0, 0.05) is 12.0 Å². The van der Waals surface area contributed by atoms with Crippen molar-refractivity contribution in [3.63, 3.8) is 0 Å². The number of fused-ring (bicyclic) bond motifs is 1. The molecule has 0 bridgehead atoms. The molecule has 1 N–H and O–H groups in total. The normalized spacial score (nSPS) is 17.6. The minimum Gasteiger partial charge on any atom is -0.497 e. The molecule has 1 aliphatic rings. The first kappa shape index (κ1) is 21.0. The average molecular weight is 419 g/mol. The molecule has 29 heavy (non-hydrogen) atoms. The first-order chi connectivity index (χ1) is 13.6. The van der Waals surface area contributed by atoms with E-state index in [9.17, 15) is 13.2 Å². The van der Waals surface area contributed by atoms with Crippen LogP contribution in [0, 0.1) is 0 Å². The zero-order chi connectivity index (χ0) is 21.2. The highest BCUT2D eigenvalue weighted by atomic mass is 32.2. The summed E-state index contributed by atoms with van der Waals surface area (Å²) >= 11 is 0. The van der Waals surface area contributed by atoms with Gasteiger partial charge in [-0.05, 0) is 44.2 Å². The number of para-hydroxylation sites is 1. The van der Waals surface area contributed by atoms with Crippen LogP contribution in [0.5, 0.6) is 11.5 Å². The Hall–Kier alpha value is -2.74. The van der Waals surface area contributed by atoms with Crippen LogP contribution >= 0.6 is 0 Å². The van der Waals surface area contributed by atoms with E-state index in [4.69, 9.17) is 9.47 Å². The highest BCUT2D eigenvalue weighted by Crippen LogP contribution is 2.39. The minimum absolute atomic E-state index is 0.264. The van der Waals surface area contributed by atoms with Gasteiger partial charge in [0.25, 0.3) is 0 Å². The maximum Gasteiger partial charge on any atom is 0.241 e. The van der Waals surface area contributed by atoms with Crippen molar-refractivity contribution in [2.75, 3.05) is 24.2 Å². The van der Waals surface area contributed by atoms with Gasteiger partial charge in [-0.25, -0.2) is 8.42 Å². The van der Waals surface area contributed by atoms with Crippen molar-refractivity contribution in [1.82, 2.24) is 5.32 Å². The Morgan fingerprint density at radius 1 is 1.21 bits per heavy atom. The summed E-state index contributed by atoms with van der Waals surface area (Å²) in [7, 11) is -2.12. The van der Waals surface area contributed by atoms with Crippen molar-refractivity contribution in [2.24, 2.45) is 0 Å². The third kappa shape index (κ3) is 5.00. The summed E-state index contributed by atoms with van der Waals surface area (Å²) in [5.74, 6) is 0.945. The lowest BCUT2D eigenvalue weighted by Crippen LogP contribution is -2.45. The molecule has 0 unspecified atom stereocenters. The van der Waals surface area contributed by atoms with Crippen molar-refractivity contribution >= 4 is 21.6 Å². The van der Waals surface area contributed by atoms with Gasteiger partial charge in [0.05, 0.1) is 25.1 Å². The van der Waals surface area contributed by atoms with Crippen LogP contribution in [0.2, 0.25) is 0 Å². The van der Waals surface area contributed by atoms with Crippen LogP contribution < -0.4 is 19.1 Å². The maximum absolute atomic E-state index is 12.8. The number of ether oxygens (including phenoxy) is 2. The number of nitrogens with one attached hydrogen (secondary N) is 1. The van der Waals surface area contributed by atoms with Crippen LogP contribution in [0.25, 0.3) is 0 Å². The van der Waals surface area contributed by atoms with Gasteiger partial charge in [-0.15, -0.1) is 0 Å². The Bertz CT molecular complexity index is 986. The number of anilines is 1. The SMILES string of the molecule is COc1ccc(N(CC(=O)N[C@@H]2CC(C)(C)Oc3ccccc32)S(C)(=O)=O)cc1. The van der Waals surface area contributed by atoms with Crippen LogP contribution in [-0.4, -0.2) is 39.8 Å². The summed E-state index contributed by atoms with van der Waals surface area (Å²) in [6.45, 7) is 3.61. The molecule has 2 aromatic rings. The lowest BCUT2D eigenvalue weighted by atomic mass is 9.89. The number of hydrogen-bond acceptors (Lipinski definition) is 5. The Balaban J connectivity index is 1.80. The second kappa shape index (κ2) is 7.94. The molecule has 1 heterocycles. The predicted molar refractivity (Wildman–Crippen MR) is 112 cm³/mol. The fraction of sp³-hybridized carbons (Fsp3) is 0.381. The number of methoxy groups -OCH3 is 1. The molecule has 0 saturated carbocycles. The fourth-order valence-corrected chi connectivity index (χ4v) is 4.31. The molecule has 0 fully saturated rings. The number of carbonyl (C=O) groups is 1. The number of carbonyl (C=O) groups excluding carboxylic acids is 1. The van der Waals surface area contributed by atoms with Gasteiger partial charge in [-0.1, -0.05) is 18.2 Å². The standard InChI is InChI=1S/C21H26N2O5S/c1-21(2)13-18(17-7-5-6-8-19(17)28-21)22-20(24)14-23(29(4,25)26)15-9-11-16(27-3)12-10-15/h5-12,18H,13-14H2,1-4H3,(H,22,24)/t18-/m1/s1. The van der Waals surface area contributed by atoms with E-state index in [1.54, 1.807) is 24.3 Å². The van der Waals surface area contributed by atoms with Crippen molar-refractivity contribution in [3.8, 4) is 11.5 Å². The van der Waals surface area contributed by atoms with Gasteiger partial charge >= 0.3 is 0 Å². The molecule has 0 saturated heterocycles. The van der Waals surface area contributed by atoms with E-state index < -0.39 is 15.6 Å². The third-order valence-corrected chi connectivity index (χ3v) is 5.90. The zero-order valence-electron chi connectivity index (χ0n) is 17.0. The molecule has 8 heteroatoms. The number of hydrogen-bond donors (Lipinski definition) is 1. The average Bonchev–Trinajstić information content (AvgIpc) is 2.64. The van der Waals surface area contributed by atoms with Gasteiger partial charge in [-0.2, -0.15) is 0 Å². The van der Waals surface area contributed by atoms with Gasteiger partial charge in [0.1, 0.15) is 23.6 Å². The zero-order valence-corrected chi connectivity index (χ0v) is 17.8. The quantitative estimate of drug-likeness (QED) is 0.780. The molecule has 7 nitrogen and oxygen atoms in total. The number of amides is 1. The number of sulfonamides is 1. The number of nitrogens with zero attached hydrogens (tertiary/aromatic N) is 1. The fourth-order valence-electron chi connectivity index (χ4n) is 3.45. The smallest absolute Gasteiger partial charge is 0.241 e. The first-order valence-corrected chi connectivity index (χ1v) is 11.1. The van der Waals surface area contributed by atoms with Gasteiger partial charge in [-0.3, -0.25) is 9.10 Å². The number of benzene rings is 2. The van der Waals surface area contributed by atoms with Crippen LogP contribution in [0.1, 0.15) is 31.9 Å². The molecule has 1 atom stereocenters. The summed E-state index contributed by atoms with van der Waals surface area (Å²) in [5.41, 5.74) is 0.838. The van der Waals surface area contributed by atoms with Crippen LogP contribution in [0.15, 0.2) is 48.5 Å². The monoisotopic (exact) mass is 418 g/mol. The molecule has 156 valence electrons. The topological polar surface area (TPSA) is 84.9 Å². The van der Waals surface area contributed by atoms with Crippen molar-refractivity contribution < 1.29 is 22.7 Å². The third-order valence-electron chi connectivity index (χ3n) is 4.76. The van der Waals surface area contributed by atoms with E-state index in [1.807, 2.05) is 38.1 Å². The highest BCUT2D eigenvalue weighted by molar-refractivity contribution is 7.92. The van der Waals surface area contributed by atoms with E-state index in [-0.39, 0.29) is 18.5 Å². The molecular formula is C21H26N2O5S. The van der Waals surface area contributed by atoms with Crippen molar-refractivity contribution in [3.05, 3.63) is 54.1 Å². The van der Waals surface area contributed by atoms with Crippen LogP contribution in [0.3, 0.4) is 0 Å². The van der Waals surface area contributed by atoms with Crippen LogP contribution in [-0.2, 0) is 14.8 Å². The number of rotatable bonds is 6. The highest BCUT2D eigenvalue weighted by Gasteiger charge is 2.34. The van der Waals surface area contributed by atoms with Gasteiger partial charge in [0.2, 0.25) is 15.9 Å². The molecule has 0 spiro atoms. The first-order valence-electron chi connectivity index (χ1n) is 9.28. The summed E-state index contributed by atoms with van der Waals surface area (Å²) < 4.78 is 36.8. The Kier molecular flexibility index (Phi) is 5.75. The maximum atomic E-state index is 12.8. The van der Waals surface area contributed by atoms with Crippen LogP contribution in [0.4, 0.5) is 5.69 Å². The molecule has 0 radical (unpaired) electrons. The molecule has 0 aliphatic carbocycles. The molecule has 3 rings (SSSR count). The molecule has 1 aliphatic heterocycles. The van der Waals surface area contributed by atoms with Crippen molar-refractivity contribution in [2.45, 2.75) is 31.9 Å². The lowest BCUT2D eigenvalue weighted by Gasteiger charge is -2.38. The molecule has 0 aromatic heterocycles. The summed E-state index contributed by atoms with van der Waals surface area (Å²) in [5, 5.41) is 2.98. The molecule has 1 amide bonds. The minimum atomic E-state index is -3.65. The summed E-state index contributed by atoms with van der Waals surface area (Å²) in [4.78, 5) is 12.8. The lowest BCUT2D eigenvalue weighted by molar-refractivity contribution is -0.120. The van der Waals surface area contributed by atoms with Gasteiger partial charge < -0.3 is 14.8 Å². The van der Waals surface area contributed by atoms with E-state index in [0.717, 1.165) is 21.9 Å². The molecular weight excluding hydrogens is 392 g/mol. The second-order valence-electron chi connectivity index (χ2n) is 7.69. The van der Waals surface area contributed by atoms with E-state index in [1.165, 1.54) is 7.11 Å². The Morgan fingerprint density at radius 2 is 1.86 bits per heavy atom. The van der Waals surface area contributed by atoms with Crippen molar-refractivity contribution in [1.29, 1.82) is 0 Å². The summed E-state index contributed by atoms with van der Waals surface area (Å²) in [6, 6.07) is 13.8. The van der Waals surface area contributed by atoms with E-state index in [0.29, 0.717) is 17.9 Å². The molecule has 2 aromatic carbocycles.